The van der Waals surface area contributed by atoms with Gasteiger partial charge in [0.25, 0.3) is 0 Å². The number of rotatable bonds is 1. The number of hydrogen-bond donors (Lipinski definition) is 1. The molecule has 1 aliphatic heterocycles. The molecule has 0 spiro atoms. The lowest BCUT2D eigenvalue weighted by atomic mass is 9.95. The van der Waals surface area contributed by atoms with E-state index >= 15 is 0 Å². The highest BCUT2D eigenvalue weighted by Gasteiger charge is 2.61. The average molecular weight is 239 g/mol. The fourth-order valence-electron chi connectivity index (χ4n) is 2.73. The van der Waals surface area contributed by atoms with E-state index in [0.29, 0.717) is 5.41 Å². The van der Waals surface area contributed by atoms with Crippen LogP contribution in [0.4, 0.5) is 0 Å². The van der Waals surface area contributed by atoms with Gasteiger partial charge in [-0.05, 0) is 24.1 Å². The summed E-state index contributed by atoms with van der Waals surface area (Å²) in [5.41, 5.74) is 2.12. The zero-order valence-corrected chi connectivity index (χ0v) is 9.05. The second-order valence-corrected chi connectivity index (χ2v) is 5.21. The van der Waals surface area contributed by atoms with E-state index in [1.165, 1.54) is 24.0 Å². The van der Waals surface area contributed by atoms with E-state index in [4.69, 9.17) is 0 Å². The molecule has 2 atom stereocenters. The van der Waals surface area contributed by atoms with E-state index in [2.05, 4.69) is 45.5 Å². The van der Waals surface area contributed by atoms with Crippen LogP contribution in [0.15, 0.2) is 28.7 Å². The summed E-state index contributed by atoms with van der Waals surface area (Å²) in [6.45, 7) is 2.65. The zero-order chi connectivity index (χ0) is 8.89. The summed E-state index contributed by atoms with van der Waals surface area (Å²) in [4.78, 5) is 0. The van der Waals surface area contributed by atoms with Gasteiger partial charge in [0.05, 0.1) is 18.5 Å². The predicted octanol–water partition coefficient (Wildman–Crippen LogP) is 1.28. The highest BCUT2D eigenvalue weighted by Crippen LogP contribution is 2.54. The Hall–Kier alpha value is -0.340. The third-order valence-electron chi connectivity index (χ3n) is 3.61. The Morgan fingerprint density at radius 2 is 2.08 bits per heavy atom. The van der Waals surface area contributed by atoms with Crippen LogP contribution in [0, 0.1) is 5.92 Å². The average Bonchev–Trinajstić information content (AvgIpc) is 2.71. The van der Waals surface area contributed by atoms with Crippen LogP contribution in [-0.4, -0.2) is 13.1 Å². The monoisotopic (exact) mass is 238 g/mol. The fraction of sp³-hybridized carbons (Fsp3) is 0.455. The minimum absolute atomic E-state index is 0.570. The van der Waals surface area contributed by atoms with Gasteiger partial charge in [-0.15, -0.1) is 0 Å². The first kappa shape index (κ1) is 8.01. The molecule has 0 unspecified atom stereocenters. The van der Waals surface area contributed by atoms with Crippen molar-refractivity contribution in [1.29, 1.82) is 0 Å². The molecule has 0 bridgehead atoms. The topological polar surface area (TPSA) is 16.6 Å². The molecule has 3 rings (SSSR count). The first-order chi connectivity index (χ1) is 6.31. The summed E-state index contributed by atoms with van der Waals surface area (Å²) in [6, 6.07) is 8.89. The molecule has 1 saturated carbocycles. The molecule has 0 aromatic heterocycles. The Morgan fingerprint density at radius 3 is 2.62 bits per heavy atom. The lowest BCUT2D eigenvalue weighted by Crippen LogP contribution is -2.83. The molecule has 1 heterocycles. The van der Waals surface area contributed by atoms with Crippen LogP contribution in [0.1, 0.15) is 12.0 Å². The van der Waals surface area contributed by atoms with Gasteiger partial charge in [0, 0.05) is 10.4 Å². The zero-order valence-electron chi connectivity index (χ0n) is 7.46. The van der Waals surface area contributed by atoms with Gasteiger partial charge >= 0.3 is 0 Å². The minimum Gasteiger partial charge on any atom is -0.345 e. The second-order valence-electron chi connectivity index (χ2n) is 4.29. The molecule has 13 heavy (non-hydrogen) atoms. The number of nitrogens with two attached hydrogens (primary N) is 1. The number of quaternary nitrogens is 1. The van der Waals surface area contributed by atoms with Crippen LogP contribution in [0.25, 0.3) is 0 Å². The van der Waals surface area contributed by atoms with Crippen LogP contribution < -0.4 is 5.32 Å². The largest absolute Gasteiger partial charge is 0.345 e. The Morgan fingerprint density at radius 1 is 1.31 bits per heavy atom. The van der Waals surface area contributed by atoms with Crippen molar-refractivity contribution in [3.63, 3.8) is 0 Å². The molecule has 2 heteroatoms. The molecule has 1 aromatic carbocycles. The molecule has 68 valence electrons. The van der Waals surface area contributed by atoms with Gasteiger partial charge in [-0.2, -0.15) is 0 Å². The Kier molecular flexibility index (Phi) is 1.59. The van der Waals surface area contributed by atoms with Crippen LogP contribution >= 0.6 is 15.9 Å². The Labute approximate surface area is 86.7 Å². The highest BCUT2D eigenvalue weighted by atomic mass is 79.9. The molecule has 0 radical (unpaired) electrons. The number of halogens is 1. The van der Waals surface area contributed by atoms with Crippen LogP contribution in [-0.2, 0) is 5.41 Å². The van der Waals surface area contributed by atoms with Gasteiger partial charge in [-0.25, -0.2) is 0 Å². The van der Waals surface area contributed by atoms with Gasteiger partial charge in [0.15, 0.2) is 0 Å². The van der Waals surface area contributed by atoms with Gasteiger partial charge in [0.1, 0.15) is 0 Å². The van der Waals surface area contributed by atoms with E-state index in [1.54, 1.807) is 5.56 Å². The molecule has 0 amide bonds. The lowest BCUT2D eigenvalue weighted by molar-refractivity contribution is -0.644. The molecular formula is C11H13BrN+. The molecule has 1 aliphatic carbocycles. The maximum atomic E-state index is 3.48. The normalized spacial score (nSPS) is 35.9. The Bertz CT molecular complexity index is 332. The molecule has 1 aromatic rings. The number of fused-ring (bicyclic) bond motifs is 1. The number of piperidine rings is 1. The van der Waals surface area contributed by atoms with Crippen molar-refractivity contribution < 1.29 is 5.32 Å². The molecule has 1 nitrogen and oxygen atoms in total. The van der Waals surface area contributed by atoms with Crippen molar-refractivity contribution in [3.8, 4) is 0 Å². The Balaban J connectivity index is 1.97. The summed E-state index contributed by atoms with van der Waals surface area (Å²) >= 11 is 3.48. The predicted molar refractivity (Wildman–Crippen MR) is 55.6 cm³/mol. The van der Waals surface area contributed by atoms with E-state index in [-0.39, 0.29) is 0 Å². The van der Waals surface area contributed by atoms with Crippen molar-refractivity contribution in [1.82, 2.24) is 0 Å². The van der Waals surface area contributed by atoms with Crippen molar-refractivity contribution >= 4 is 15.9 Å². The summed E-state index contributed by atoms with van der Waals surface area (Å²) in [5, 5.41) is 2.45. The molecule has 1 saturated heterocycles. The van der Waals surface area contributed by atoms with Crippen LogP contribution in [0.5, 0.6) is 0 Å². The van der Waals surface area contributed by atoms with E-state index in [0.717, 1.165) is 5.92 Å². The third kappa shape index (κ3) is 1.09. The first-order valence-electron chi connectivity index (χ1n) is 4.89. The fourth-order valence-corrected chi connectivity index (χ4v) is 3.00. The molecule has 2 aliphatic rings. The van der Waals surface area contributed by atoms with Crippen molar-refractivity contribution in [3.05, 3.63) is 34.3 Å². The van der Waals surface area contributed by atoms with Crippen molar-refractivity contribution in [2.45, 2.75) is 11.8 Å². The number of hydrogen-bond acceptors (Lipinski definition) is 0. The highest BCUT2D eigenvalue weighted by molar-refractivity contribution is 9.10. The summed E-state index contributed by atoms with van der Waals surface area (Å²) < 4.78 is 1.19. The molecule has 2 N–H and O–H groups in total. The smallest absolute Gasteiger partial charge is 0.0858 e. The quantitative estimate of drug-likeness (QED) is 0.760. The lowest BCUT2D eigenvalue weighted by Gasteiger charge is -2.09. The van der Waals surface area contributed by atoms with Gasteiger partial charge in [-0.1, -0.05) is 28.1 Å². The van der Waals surface area contributed by atoms with Crippen molar-refractivity contribution in [2.24, 2.45) is 5.92 Å². The van der Waals surface area contributed by atoms with Gasteiger partial charge < -0.3 is 5.32 Å². The van der Waals surface area contributed by atoms with Crippen molar-refractivity contribution in [2.75, 3.05) is 13.1 Å². The van der Waals surface area contributed by atoms with E-state index < -0.39 is 0 Å². The standard InChI is InChI=1S/C11H12BrN/c12-10-3-1-8(2-4-10)11-5-9(11)6-13-7-11/h1-4,9,13H,5-7H2/p+1/t9-,11+/m1/s1. The van der Waals surface area contributed by atoms with Crippen LogP contribution in [0.2, 0.25) is 0 Å². The second kappa shape index (κ2) is 2.58. The van der Waals surface area contributed by atoms with E-state index in [1.807, 2.05) is 0 Å². The summed E-state index contributed by atoms with van der Waals surface area (Å²) in [6.07, 6.45) is 1.42. The minimum atomic E-state index is 0.570. The summed E-state index contributed by atoms with van der Waals surface area (Å²) in [5.74, 6) is 0.966. The first-order valence-corrected chi connectivity index (χ1v) is 5.68. The SMILES string of the molecule is Brc1ccc([C@]23C[NH2+]C[C@H]2C3)cc1. The summed E-state index contributed by atoms with van der Waals surface area (Å²) in [7, 11) is 0. The number of benzene rings is 1. The van der Waals surface area contributed by atoms with E-state index in [9.17, 15) is 0 Å². The maximum absolute atomic E-state index is 3.48. The van der Waals surface area contributed by atoms with Gasteiger partial charge in [-0.3, -0.25) is 0 Å². The van der Waals surface area contributed by atoms with Gasteiger partial charge in [0.2, 0.25) is 0 Å². The molecule has 2 fully saturated rings. The van der Waals surface area contributed by atoms with Crippen LogP contribution in [0.3, 0.4) is 0 Å². The maximum Gasteiger partial charge on any atom is 0.0858 e. The molecular weight excluding hydrogens is 226 g/mol. The third-order valence-corrected chi connectivity index (χ3v) is 4.14.